The quantitative estimate of drug-likeness (QED) is 0.161. The third-order valence-corrected chi connectivity index (χ3v) is 12.2. The molecule has 0 fully saturated rings. The Morgan fingerprint density at radius 2 is 0.875 bits per heavy atom. The van der Waals surface area contributed by atoms with Gasteiger partial charge in [0.05, 0.1) is 39.4 Å². The summed E-state index contributed by atoms with van der Waals surface area (Å²) in [6.07, 6.45) is 0. The zero-order valence-corrected chi connectivity index (χ0v) is 34.5. The van der Waals surface area contributed by atoms with Crippen LogP contribution in [0.1, 0.15) is 5.56 Å². The van der Waals surface area contributed by atoms with Gasteiger partial charge in [-0.3, -0.25) is 0 Å². The molecule has 0 unspecified atom stereocenters. The summed E-state index contributed by atoms with van der Waals surface area (Å²) in [5.41, 5.74) is 13.6. The van der Waals surface area contributed by atoms with E-state index in [1.54, 1.807) is 0 Å². The highest BCUT2D eigenvalue weighted by Gasteiger charge is 2.23. The summed E-state index contributed by atoms with van der Waals surface area (Å²) in [5.74, 6) is 1.73. The molecule has 0 saturated carbocycles. The van der Waals surface area contributed by atoms with Gasteiger partial charge in [0.1, 0.15) is 0 Å². The molecule has 12 rings (SSSR count). The minimum Gasteiger partial charge on any atom is -0.309 e. The lowest BCUT2D eigenvalue weighted by molar-refractivity contribution is 1.06. The van der Waals surface area contributed by atoms with E-state index in [1.165, 1.54) is 10.8 Å². The standard InChI is InChI=1S/C58H36N6/c59-37-42-21-10-11-24-44(42)41-31-33-47-46-25-12-14-28-50(46)64(54(47)36-41)52-34-32-40(45-27-16-30-53-55(45)48-26-13-15-29-51(48)63(53)43-22-8-3-9-23-43)35-49(52)58-61-56(38-17-4-1-5-18-38)60-57(62-58)39-19-6-2-7-20-39/h1-36H. The molecule has 0 spiro atoms. The molecule has 3 heterocycles. The topological polar surface area (TPSA) is 72.3 Å². The fourth-order valence-corrected chi connectivity index (χ4v) is 9.35. The minimum atomic E-state index is 0.556. The summed E-state index contributed by atoms with van der Waals surface area (Å²) in [6, 6.07) is 78.0. The molecule has 9 aromatic carbocycles. The first-order valence-electron chi connectivity index (χ1n) is 21.3. The first-order valence-corrected chi connectivity index (χ1v) is 21.3. The lowest BCUT2D eigenvalue weighted by atomic mass is 9.96. The molecule has 0 radical (unpaired) electrons. The predicted octanol–water partition coefficient (Wildman–Crippen LogP) is 14.3. The third-order valence-electron chi connectivity index (χ3n) is 12.2. The Morgan fingerprint density at radius 3 is 1.59 bits per heavy atom. The number of rotatable bonds is 7. The van der Waals surface area contributed by atoms with Gasteiger partial charge in [-0.2, -0.15) is 5.26 Å². The van der Waals surface area contributed by atoms with E-state index in [-0.39, 0.29) is 0 Å². The second kappa shape index (κ2) is 15.2. The number of hydrogen-bond donors (Lipinski definition) is 0. The molecule has 298 valence electrons. The molecule has 0 bridgehead atoms. The molecule has 0 aliphatic carbocycles. The van der Waals surface area contributed by atoms with Crippen LogP contribution in [0.3, 0.4) is 0 Å². The number of hydrogen-bond acceptors (Lipinski definition) is 4. The van der Waals surface area contributed by atoms with Crippen molar-refractivity contribution in [3.05, 3.63) is 224 Å². The van der Waals surface area contributed by atoms with Crippen molar-refractivity contribution < 1.29 is 0 Å². The third kappa shape index (κ3) is 6.06. The van der Waals surface area contributed by atoms with Crippen molar-refractivity contribution in [1.82, 2.24) is 24.1 Å². The fraction of sp³-hybridized carbons (Fsp3) is 0. The Hall–Kier alpha value is -8.92. The van der Waals surface area contributed by atoms with E-state index < -0.39 is 0 Å². The molecule has 0 aliphatic heterocycles. The van der Waals surface area contributed by atoms with Gasteiger partial charge in [0.25, 0.3) is 0 Å². The van der Waals surface area contributed by atoms with Crippen molar-refractivity contribution in [1.29, 1.82) is 5.26 Å². The van der Waals surface area contributed by atoms with Gasteiger partial charge in [-0.1, -0.05) is 164 Å². The van der Waals surface area contributed by atoms with E-state index in [1.807, 2.05) is 84.9 Å². The molecule has 0 amide bonds. The van der Waals surface area contributed by atoms with Crippen LogP contribution in [0.2, 0.25) is 0 Å². The largest absolute Gasteiger partial charge is 0.309 e. The number of fused-ring (bicyclic) bond motifs is 6. The summed E-state index contributed by atoms with van der Waals surface area (Å²) in [7, 11) is 0. The number of para-hydroxylation sites is 3. The van der Waals surface area contributed by atoms with Gasteiger partial charge in [0, 0.05) is 43.9 Å². The molecule has 3 aromatic heterocycles. The van der Waals surface area contributed by atoms with Gasteiger partial charge in [0.2, 0.25) is 0 Å². The lowest BCUT2D eigenvalue weighted by Gasteiger charge is -2.17. The van der Waals surface area contributed by atoms with E-state index >= 15 is 0 Å². The molecule has 0 N–H and O–H groups in total. The smallest absolute Gasteiger partial charge is 0.166 e. The van der Waals surface area contributed by atoms with E-state index in [4.69, 9.17) is 15.0 Å². The lowest BCUT2D eigenvalue weighted by Crippen LogP contribution is -2.04. The van der Waals surface area contributed by atoms with Gasteiger partial charge >= 0.3 is 0 Å². The van der Waals surface area contributed by atoms with Crippen LogP contribution >= 0.6 is 0 Å². The van der Waals surface area contributed by atoms with Crippen LogP contribution in [0.15, 0.2) is 218 Å². The van der Waals surface area contributed by atoms with Crippen molar-refractivity contribution >= 4 is 43.6 Å². The monoisotopic (exact) mass is 816 g/mol. The second-order valence-corrected chi connectivity index (χ2v) is 15.9. The summed E-state index contributed by atoms with van der Waals surface area (Å²) >= 11 is 0. The van der Waals surface area contributed by atoms with Crippen LogP contribution in [-0.2, 0) is 0 Å². The van der Waals surface area contributed by atoms with Crippen LogP contribution in [-0.4, -0.2) is 24.1 Å². The summed E-state index contributed by atoms with van der Waals surface area (Å²) in [5, 5.41) is 14.7. The Morgan fingerprint density at radius 1 is 0.344 bits per heavy atom. The number of aromatic nitrogens is 5. The maximum absolute atomic E-state index is 10.1. The zero-order chi connectivity index (χ0) is 42.6. The van der Waals surface area contributed by atoms with Crippen molar-refractivity contribution in [3.63, 3.8) is 0 Å². The highest BCUT2D eigenvalue weighted by atomic mass is 15.1. The normalized spacial score (nSPS) is 11.4. The van der Waals surface area contributed by atoms with E-state index in [9.17, 15) is 5.26 Å². The van der Waals surface area contributed by atoms with Gasteiger partial charge in [0.15, 0.2) is 17.5 Å². The number of benzene rings is 9. The maximum atomic E-state index is 10.1. The first kappa shape index (κ1) is 36.9. The van der Waals surface area contributed by atoms with Gasteiger partial charge < -0.3 is 9.13 Å². The van der Waals surface area contributed by atoms with Crippen molar-refractivity contribution in [3.8, 4) is 73.9 Å². The molecule has 6 nitrogen and oxygen atoms in total. The first-order chi connectivity index (χ1) is 31.7. The molecular weight excluding hydrogens is 781 g/mol. The molecule has 12 aromatic rings. The zero-order valence-electron chi connectivity index (χ0n) is 34.5. The molecule has 0 saturated heterocycles. The van der Waals surface area contributed by atoms with Gasteiger partial charge in [-0.15, -0.1) is 0 Å². The predicted molar refractivity (Wildman–Crippen MR) is 260 cm³/mol. The SMILES string of the molecule is N#Cc1ccccc1-c1ccc2c3ccccc3n(-c3ccc(-c4cccc5c4c4ccccc4n5-c4ccccc4)cc3-c3nc(-c4ccccc4)nc(-c4ccccc4)n3)c2c1. The Balaban J connectivity index is 1.18. The van der Waals surface area contributed by atoms with Gasteiger partial charge in [-0.05, 0) is 76.9 Å². The maximum Gasteiger partial charge on any atom is 0.166 e. The number of nitrogens with zero attached hydrogens (tertiary/aromatic N) is 6. The fourth-order valence-electron chi connectivity index (χ4n) is 9.35. The summed E-state index contributed by atoms with van der Waals surface area (Å²) < 4.78 is 4.69. The van der Waals surface area contributed by atoms with Crippen LogP contribution in [0.4, 0.5) is 0 Å². The second-order valence-electron chi connectivity index (χ2n) is 15.9. The van der Waals surface area contributed by atoms with Crippen LogP contribution < -0.4 is 0 Å². The van der Waals surface area contributed by atoms with Crippen LogP contribution in [0.5, 0.6) is 0 Å². The molecule has 0 aliphatic rings. The molecule has 0 atom stereocenters. The Labute approximate surface area is 369 Å². The van der Waals surface area contributed by atoms with E-state index in [0.717, 1.165) is 83.2 Å². The van der Waals surface area contributed by atoms with Gasteiger partial charge in [-0.25, -0.2) is 15.0 Å². The highest BCUT2D eigenvalue weighted by Crippen LogP contribution is 2.43. The highest BCUT2D eigenvalue weighted by molar-refractivity contribution is 6.16. The average molecular weight is 817 g/mol. The van der Waals surface area contributed by atoms with E-state index in [2.05, 4.69) is 149 Å². The van der Waals surface area contributed by atoms with Crippen molar-refractivity contribution in [2.75, 3.05) is 0 Å². The minimum absolute atomic E-state index is 0.556. The molecule has 64 heavy (non-hydrogen) atoms. The van der Waals surface area contributed by atoms with Crippen LogP contribution in [0.25, 0.3) is 111 Å². The molecular formula is C58H36N6. The van der Waals surface area contributed by atoms with E-state index in [0.29, 0.717) is 23.0 Å². The summed E-state index contributed by atoms with van der Waals surface area (Å²) in [6.45, 7) is 0. The number of nitriles is 1. The Kier molecular flexibility index (Phi) is 8.77. The average Bonchev–Trinajstić information content (AvgIpc) is 3.89. The summed E-state index contributed by atoms with van der Waals surface area (Å²) in [4.78, 5) is 15.7. The van der Waals surface area contributed by atoms with Crippen molar-refractivity contribution in [2.24, 2.45) is 0 Å². The Bertz CT molecular complexity index is 3730. The van der Waals surface area contributed by atoms with Crippen molar-refractivity contribution in [2.45, 2.75) is 0 Å². The van der Waals surface area contributed by atoms with Crippen LogP contribution in [0, 0.1) is 11.3 Å². The molecule has 6 heteroatoms.